The fourth-order valence-corrected chi connectivity index (χ4v) is 2.82. The number of rotatable bonds is 8. The van der Waals surface area contributed by atoms with Crippen LogP contribution in [-0.4, -0.2) is 55.6 Å². The second kappa shape index (κ2) is 9.63. The average molecular weight is 351 g/mol. The monoisotopic (exact) mass is 351 g/mol. The first-order chi connectivity index (χ1) is 11.9. The lowest BCUT2D eigenvalue weighted by Crippen LogP contribution is -2.45. The Bertz CT molecular complexity index is 573. The summed E-state index contributed by atoms with van der Waals surface area (Å²) in [5.74, 6) is -0.428. The third-order valence-electron chi connectivity index (χ3n) is 4.00. The van der Waals surface area contributed by atoms with Crippen molar-refractivity contribution in [3.05, 3.63) is 35.6 Å². The van der Waals surface area contributed by atoms with Gasteiger partial charge in [-0.05, 0) is 30.2 Å². The van der Waals surface area contributed by atoms with Crippen LogP contribution in [0.3, 0.4) is 0 Å². The van der Waals surface area contributed by atoms with Crippen molar-refractivity contribution >= 4 is 11.8 Å². The minimum Gasteiger partial charge on any atom is -0.463 e. The highest BCUT2D eigenvalue weighted by Gasteiger charge is 2.22. The molecule has 2 rings (SSSR count). The van der Waals surface area contributed by atoms with Crippen molar-refractivity contribution in [2.45, 2.75) is 32.8 Å². The molecule has 138 valence electrons. The number of benzene rings is 1. The van der Waals surface area contributed by atoms with Crippen molar-refractivity contribution in [3.8, 4) is 0 Å². The molecule has 1 unspecified atom stereocenters. The van der Waals surface area contributed by atoms with Crippen LogP contribution in [0.25, 0.3) is 0 Å². The van der Waals surface area contributed by atoms with E-state index in [0.29, 0.717) is 18.1 Å². The van der Waals surface area contributed by atoms with Gasteiger partial charge in [0.1, 0.15) is 18.5 Å². The Morgan fingerprint density at radius 2 is 2.00 bits per heavy atom. The largest absolute Gasteiger partial charge is 0.463 e. The topological polar surface area (TPSA) is 55.8 Å². The molecule has 0 spiro atoms. The van der Waals surface area contributed by atoms with E-state index >= 15 is 0 Å². The SMILES string of the molecule is CC(C)CN1CCOC(COC(=O)CCC(=O)c2ccc(F)cc2)C1. The molecule has 0 radical (unpaired) electrons. The van der Waals surface area contributed by atoms with Crippen molar-refractivity contribution < 1.29 is 23.5 Å². The van der Waals surface area contributed by atoms with E-state index in [9.17, 15) is 14.0 Å². The van der Waals surface area contributed by atoms with E-state index in [2.05, 4.69) is 18.7 Å². The Balaban J connectivity index is 1.68. The zero-order chi connectivity index (χ0) is 18.2. The third kappa shape index (κ3) is 6.92. The van der Waals surface area contributed by atoms with Gasteiger partial charge < -0.3 is 9.47 Å². The summed E-state index contributed by atoms with van der Waals surface area (Å²) in [5.41, 5.74) is 0.397. The molecule has 1 aliphatic heterocycles. The molecule has 6 heteroatoms. The number of hydrogen-bond donors (Lipinski definition) is 0. The highest BCUT2D eigenvalue weighted by molar-refractivity contribution is 5.97. The van der Waals surface area contributed by atoms with Gasteiger partial charge in [0.2, 0.25) is 0 Å². The van der Waals surface area contributed by atoms with Crippen molar-refractivity contribution in [1.29, 1.82) is 0 Å². The van der Waals surface area contributed by atoms with Crippen LogP contribution in [0.5, 0.6) is 0 Å². The van der Waals surface area contributed by atoms with Gasteiger partial charge in [0, 0.05) is 31.6 Å². The van der Waals surface area contributed by atoms with Crippen LogP contribution >= 0.6 is 0 Å². The minimum atomic E-state index is -0.417. The van der Waals surface area contributed by atoms with Gasteiger partial charge >= 0.3 is 5.97 Å². The molecule has 0 amide bonds. The smallest absolute Gasteiger partial charge is 0.306 e. The Hall–Kier alpha value is -1.79. The maximum absolute atomic E-state index is 12.8. The third-order valence-corrected chi connectivity index (χ3v) is 4.00. The first kappa shape index (κ1) is 19.5. The van der Waals surface area contributed by atoms with Gasteiger partial charge in [0.15, 0.2) is 5.78 Å². The van der Waals surface area contributed by atoms with Crippen LogP contribution in [0.1, 0.15) is 37.0 Å². The average Bonchev–Trinajstić information content (AvgIpc) is 2.58. The van der Waals surface area contributed by atoms with Crippen molar-refractivity contribution in [2.75, 3.05) is 32.8 Å². The second-order valence-corrected chi connectivity index (χ2v) is 6.76. The molecule has 1 aromatic carbocycles. The summed E-state index contributed by atoms with van der Waals surface area (Å²) in [7, 11) is 0. The second-order valence-electron chi connectivity index (χ2n) is 6.76. The van der Waals surface area contributed by atoms with E-state index in [1.54, 1.807) is 0 Å². The zero-order valence-corrected chi connectivity index (χ0v) is 14.9. The molecule has 0 aliphatic carbocycles. The minimum absolute atomic E-state index is 0.0125. The Kier molecular flexibility index (Phi) is 7.52. The number of Topliss-reactive ketones (excluding diaryl/α,β-unsaturated/α-hetero) is 1. The molecule has 1 fully saturated rings. The van der Waals surface area contributed by atoms with E-state index in [1.807, 2.05) is 0 Å². The Morgan fingerprint density at radius 1 is 1.28 bits per heavy atom. The summed E-state index contributed by atoms with van der Waals surface area (Å²) in [6.07, 6.45) is -0.0575. The number of hydrogen-bond acceptors (Lipinski definition) is 5. The molecule has 0 bridgehead atoms. The highest BCUT2D eigenvalue weighted by atomic mass is 19.1. The van der Waals surface area contributed by atoms with Gasteiger partial charge in [0.25, 0.3) is 0 Å². The molecule has 1 aliphatic rings. The molecule has 0 saturated carbocycles. The molecule has 1 saturated heterocycles. The fourth-order valence-electron chi connectivity index (χ4n) is 2.82. The van der Waals surface area contributed by atoms with E-state index in [1.165, 1.54) is 24.3 Å². The van der Waals surface area contributed by atoms with E-state index in [4.69, 9.17) is 9.47 Å². The van der Waals surface area contributed by atoms with Gasteiger partial charge in [-0.15, -0.1) is 0 Å². The lowest BCUT2D eigenvalue weighted by molar-refractivity contribution is -0.150. The number of carbonyl (C=O) groups excluding carboxylic acids is 2. The summed E-state index contributed by atoms with van der Waals surface area (Å²) in [5, 5.41) is 0. The summed E-state index contributed by atoms with van der Waals surface area (Å²) < 4.78 is 23.7. The molecular weight excluding hydrogens is 325 g/mol. The highest BCUT2D eigenvalue weighted by Crippen LogP contribution is 2.10. The molecule has 1 atom stereocenters. The van der Waals surface area contributed by atoms with Crippen molar-refractivity contribution in [3.63, 3.8) is 0 Å². The quantitative estimate of drug-likeness (QED) is 0.532. The molecule has 0 aromatic heterocycles. The normalized spacial score (nSPS) is 18.3. The van der Waals surface area contributed by atoms with Crippen LogP contribution in [0, 0.1) is 11.7 Å². The Morgan fingerprint density at radius 3 is 2.68 bits per heavy atom. The number of esters is 1. The maximum atomic E-state index is 12.8. The van der Waals surface area contributed by atoms with E-state index < -0.39 is 11.8 Å². The number of morpholine rings is 1. The van der Waals surface area contributed by atoms with Gasteiger partial charge in [-0.3, -0.25) is 14.5 Å². The number of ether oxygens (including phenoxy) is 2. The summed E-state index contributed by atoms with van der Waals surface area (Å²) in [6.45, 7) is 7.83. The first-order valence-electron chi connectivity index (χ1n) is 8.72. The van der Waals surface area contributed by atoms with Crippen LogP contribution in [0.4, 0.5) is 4.39 Å². The molecular formula is C19H26FNO4. The molecule has 5 nitrogen and oxygen atoms in total. The maximum Gasteiger partial charge on any atom is 0.306 e. The standard InChI is InChI=1S/C19H26FNO4/c1-14(2)11-21-9-10-24-17(12-21)13-25-19(23)8-7-18(22)15-3-5-16(20)6-4-15/h3-6,14,17H,7-13H2,1-2H3. The van der Waals surface area contributed by atoms with Crippen molar-refractivity contribution in [2.24, 2.45) is 5.92 Å². The molecule has 25 heavy (non-hydrogen) atoms. The molecule has 1 heterocycles. The van der Waals surface area contributed by atoms with Gasteiger partial charge in [-0.1, -0.05) is 13.8 Å². The number of nitrogens with zero attached hydrogens (tertiary/aromatic N) is 1. The summed E-state index contributed by atoms with van der Waals surface area (Å²) >= 11 is 0. The number of ketones is 1. The van der Waals surface area contributed by atoms with Crippen LogP contribution in [-0.2, 0) is 14.3 Å². The fraction of sp³-hybridized carbons (Fsp3) is 0.579. The van der Waals surface area contributed by atoms with Gasteiger partial charge in [-0.2, -0.15) is 0 Å². The van der Waals surface area contributed by atoms with E-state index in [0.717, 1.165) is 19.6 Å². The van der Waals surface area contributed by atoms with Crippen molar-refractivity contribution in [1.82, 2.24) is 4.90 Å². The predicted molar refractivity (Wildman–Crippen MR) is 91.9 cm³/mol. The summed E-state index contributed by atoms with van der Waals surface area (Å²) in [4.78, 5) is 26.1. The number of halogens is 1. The molecule has 0 N–H and O–H groups in total. The van der Waals surface area contributed by atoms with Gasteiger partial charge in [0.05, 0.1) is 13.0 Å². The van der Waals surface area contributed by atoms with Crippen LogP contribution in [0.15, 0.2) is 24.3 Å². The van der Waals surface area contributed by atoms with E-state index in [-0.39, 0.29) is 31.3 Å². The van der Waals surface area contributed by atoms with Crippen LogP contribution in [0.2, 0.25) is 0 Å². The number of carbonyl (C=O) groups is 2. The first-order valence-corrected chi connectivity index (χ1v) is 8.72. The van der Waals surface area contributed by atoms with Gasteiger partial charge in [-0.25, -0.2) is 4.39 Å². The molecule has 1 aromatic rings. The lowest BCUT2D eigenvalue weighted by atomic mass is 10.1. The lowest BCUT2D eigenvalue weighted by Gasteiger charge is -2.33. The Labute approximate surface area is 148 Å². The van der Waals surface area contributed by atoms with Crippen LogP contribution < -0.4 is 0 Å². The predicted octanol–water partition coefficient (Wildman–Crippen LogP) is 2.69. The zero-order valence-electron chi connectivity index (χ0n) is 14.9. The summed E-state index contributed by atoms with van der Waals surface area (Å²) in [6, 6.07) is 5.30.